The number of benzene rings is 2. The van der Waals surface area contributed by atoms with Crippen LogP contribution in [-0.2, 0) is 16.0 Å². The van der Waals surface area contributed by atoms with Crippen molar-refractivity contribution >= 4 is 55.3 Å². The van der Waals surface area contributed by atoms with Gasteiger partial charge in [-0.15, -0.1) is 10.2 Å². The van der Waals surface area contributed by atoms with Gasteiger partial charge in [0.2, 0.25) is 10.3 Å². The zero-order valence-electron chi connectivity index (χ0n) is 21.0. The number of aromatic amines is 1. The molecule has 11 heteroatoms. The van der Waals surface area contributed by atoms with Crippen molar-refractivity contribution in [3.63, 3.8) is 0 Å². The number of phenols is 1. The molecule has 0 aliphatic carbocycles. The van der Waals surface area contributed by atoms with Crippen LogP contribution in [0, 0.1) is 0 Å². The van der Waals surface area contributed by atoms with Crippen molar-refractivity contribution in [2.24, 2.45) is 0 Å². The van der Waals surface area contributed by atoms with E-state index in [2.05, 4.69) is 30.8 Å². The first-order chi connectivity index (χ1) is 18.2. The van der Waals surface area contributed by atoms with Gasteiger partial charge in [-0.2, -0.15) is 0 Å². The van der Waals surface area contributed by atoms with Gasteiger partial charge >= 0.3 is 5.97 Å². The Balaban J connectivity index is 1.34. The predicted molar refractivity (Wildman–Crippen MR) is 147 cm³/mol. The van der Waals surface area contributed by atoms with Gasteiger partial charge in [-0.25, -0.2) is 4.79 Å². The summed E-state index contributed by atoms with van der Waals surface area (Å²) < 4.78 is 5.65. The third-order valence-electron chi connectivity index (χ3n) is 5.73. The summed E-state index contributed by atoms with van der Waals surface area (Å²) in [7, 11) is 0. The molecule has 3 heterocycles. The average molecular weight is 531 g/mol. The molecule has 1 atom stereocenters. The Hall–Kier alpha value is -4.51. The SMILES string of the molecule is CC(C)(C)OC(=O)C(Cc1c[nH]c2ccccc12)Nc1nnc(NC(=O)c2ccc3cccnc3c2O)s1. The zero-order chi connectivity index (χ0) is 26.9. The largest absolute Gasteiger partial charge is 0.505 e. The van der Waals surface area contributed by atoms with E-state index in [1.807, 2.05) is 51.2 Å². The van der Waals surface area contributed by atoms with Crippen molar-refractivity contribution in [1.82, 2.24) is 20.2 Å². The number of nitrogens with one attached hydrogen (secondary N) is 3. The van der Waals surface area contributed by atoms with Crippen molar-refractivity contribution in [2.75, 3.05) is 10.6 Å². The summed E-state index contributed by atoms with van der Waals surface area (Å²) in [6, 6.07) is 13.9. The normalized spacial score (nSPS) is 12.4. The van der Waals surface area contributed by atoms with E-state index in [1.165, 1.54) is 6.07 Å². The molecule has 0 fully saturated rings. The maximum absolute atomic E-state index is 13.1. The van der Waals surface area contributed by atoms with E-state index in [0.717, 1.165) is 27.8 Å². The molecule has 1 unspecified atom stereocenters. The standard InChI is InChI=1S/C27H26N6O4S/c1-27(2,3)37-24(36)20(13-16-14-29-19-9-5-4-8-17(16)19)30-25-32-33-26(38-25)31-23(35)18-11-10-15-7-6-12-28-21(15)22(18)34/h4-12,14,20,29,34H,13H2,1-3H3,(H,30,32)(H,31,33,35). The molecule has 1 amide bonds. The highest BCUT2D eigenvalue weighted by atomic mass is 32.1. The van der Waals surface area contributed by atoms with Crippen molar-refractivity contribution in [2.45, 2.75) is 38.8 Å². The number of aromatic nitrogens is 4. The molecular weight excluding hydrogens is 504 g/mol. The van der Waals surface area contributed by atoms with Crippen LogP contribution in [0.15, 0.2) is 60.9 Å². The molecule has 0 aliphatic rings. The molecule has 194 valence electrons. The topological polar surface area (TPSA) is 142 Å². The summed E-state index contributed by atoms with van der Waals surface area (Å²) in [5.41, 5.74) is 1.64. The molecule has 0 bridgehead atoms. The van der Waals surface area contributed by atoms with E-state index >= 15 is 0 Å². The smallest absolute Gasteiger partial charge is 0.329 e. The minimum Gasteiger partial charge on any atom is -0.505 e. The van der Waals surface area contributed by atoms with Crippen LogP contribution in [0.25, 0.3) is 21.8 Å². The maximum atomic E-state index is 13.1. The number of fused-ring (bicyclic) bond motifs is 2. The maximum Gasteiger partial charge on any atom is 0.329 e. The number of anilines is 2. The van der Waals surface area contributed by atoms with Gasteiger partial charge in [0.25, 0.3) is 5.91 Å². The first kappa shape index (κ1) is 25.2. The number of para-hydroxylation sites is 1. The second-order valence-corrected chi connectivity index (χ2v) is 10.7. The number of phenolic OH excluding ortho intramolecular Hbond substituents is 1. The van der Waals surface area contributed by atoms with Gasteiger partial charge in [-0.3, -0.25) is 15.1 Å². The third-order valence-corrected chi connectivity index (χ3v) is 6.50. The number of H-pyrrole nitrogens is 1. The van der Waals surface area contributed by atoms with Gasteiger partial charge in [0.15, 0.2) is 5.75 Å². The van der Waals surface area contributed by atoms with Gasteiger partial charge in [0.1, 0.15) is 17.2 Å². The highest BCUT2D eigenvalue weighted by molar-refractivity contribution is 7.19. The molecule has 3 aromatic heterocycles. The Kier molecular flexibility index (Phi) is 6.68. The number of carbonyl (C=O) groups excluding carboxylic acids is 2. The van der Waals surface area contributed by atoms with E-state index < -0.39 is 23.5 Å². The van der Waals surface area contributed by atoms with Crippen LogP contribution in [0.4, 0.5) is 10.3 Å². The van der Waals surface area contributed by atoms with E-state index in [9.17, 15) is 14.7 Å². The lowest BCUT2D eigenvalue weighted by atomic mass is 10.0. The molecule has 5 rings (SSSR count). The summed E-state index contributed by atoms with van der Waals surface area (Å²) in [6.07, 6.45) is 3.77. The van der Waals surface area contributed by atoms with Gasteiger partial charge in [0.05, 0.1) is 5.56 Å². The third kappa shape index (κ3) is 5.42. The van der Waals surface area contributed by atoms with Crippen molar-refractivity contribution < 1.29 is 19.4 Å². The molecule has 5 aromatic rings. The molecule has 2 aromatic carbocycles. The molecule has 0 radical (unpaired) electrons. The minimum absolute atomic E-state index is 0.0619. The first-order valence-corrected chi connectivity index (χ1v) is 12.8. The van der Waals surface area contributed by atoms with Crippen LogP contribution in [0.3, 0.4) is 0 Å². The fraction of sp³-hybridized carbons (Fsp3) is 0.222. The average Bonchev–Trinajstić information content (AvgIpc) is 3.49. The summed E-state index contributed by atoms with van der Waals surface area (Å²) >= 11 is 1.07. The molecule has 4 N–H and O–H groups in total. The second kappa shape index (κ2) is 10.1. The van der Waals surface area contributed by atoms with Crippen LogP contribution in [-0.4, -0.2) is 48.8 Å². The van der Waals surface area contributed by atoms with Crippen molar-refractivity contribution in [1.29, 1.82) is 0 Å². The number of pyridine rings is 1. The fourth-order valence-corrected chi connectivity index (χ4v) is 4.74. The Labute approximate surface area is 222 Å². The number of hydrogen-bond acceptors (Lipinski definition) is 9. The number of amides is 1. The number of nitrogens with zero attached hydrogens (tertiary/aromatic N) is 3. The molecule has 0 saturated heterocycles. The van der Waals surface area contributed by atoms with Gasteiger partial charge in [-0.1, -0.05) is 41.7 Å². The molecule has 38 heavy (non-hydrogen) atoms. The highest BCUT2D eigenvalue weighted by Crippen LogP contribution is 2.29. The lowest BCUT2D eigenvalue weighted by Crippen LogP contribution is -2.38. The van der Waals surface area contributed by atoms with E-state index in [4.69, 9.17) is 4.74 Å². The Morgan fingerprint density at radius 2 is 1.87 bits per heavy atom. The Morgan fingerprint density at radius 3 is 2.68 bits per heavy atom. The quantitative estimate of drug-likeness (QED) is 0.218. The molecular formula is C27H26N6O4S. The summed E-state index contributed by atoms with van der Waals surface area (Å²) in [6.45, 7) is 5.43. The van der Waals surface area contributed by atoms with Crippen LogP contribution in [0.1, 0.15) is 36.7 Å². The monoisotopic (exact) mass is 530 g/mol. The number of carbonyl (C=O) groups is 2. The van der Waals surface area contributed by atoms with Crippen LogP contribution in [0.2, 0.25) is 0 Å². The Morgan fingerprint density at radius 1 is 1.08 bits per heavy atom. The van der Waals surface area contributed by atoms with Crippen LogP contribution < -0.4 is 10.6 Å². The number of esters is 1. The lowest BCUT2D eigenvalue weighted by Gasteiger charge is -2.24. The predicted octanol–water partition coefficient (Wildman–Crippen LogP) is 4.89. The van der Waals surface area contributed by atoms with Crippen molar-refractivity contribution in [3.8, 4) is 5.75 Å². The lowest BCUT2D eigenvalue weighted by molar-refractivity contribution is -0.155. The van der Waals surface area contributed by atoms with E-state index in [-0.39, 0.29) is 16.4 Å². The van der Waals surface area contributed by atoms with Crippen LogP contribution >= 0.6 is 11.3 Å². The molecule has 0 aliphatic heterocycles. The highest BCUT2D eigenvalue weighted by Gasteiger charge is 2.28. The van der Waals surface area contributed by atoms with Crippen molar-refractivity contribution in [3.05, 3.63) is 72.1 Å². The second-order valence-electron chi connectivity index (χ2n) is 9.70. The Bertz CT molecular complexity index is 1640. The number of aromatic hydroxyl groups is 1. The minimum atomic E-state index is -0.750. The van der Waals surface area contributed by atoms with Gasteiger partial charge < -0.3 is 20.1 Å². The van der Waals surface area contributed by atoms with E-state index in [1.54, 1.807) is 24.4 Å². The fourth-order valence-electron chi connectivity index (χ4n) is 4.05. The van der Waals surface area contributed by atoms with Gasteiger partial charge in [0, 0.05) is 35.1 Å². The molecule has 0 spiro atoms. The summed E-state index contributed by atoms with van der Waals surface area (Å²) in [4.78, 5) is 33.3. The number of hydrogen-bond donors (Lipinski definition) is 4. The summed E-state index contributed by atoms with van der Waals surface area (Å²) in [5, 5.41) is 26.7. The van der Waals surface area contributed by atoms with E-state index in [0.29, 0.717) is 22.5 Å². The zero-order valence-corrected chi connectivity index (χ0v) is 21.8. The first-order valence-electron chi connectivity index (χ1n) is 11.9. The van der Waals surface area contributed by atoms with Crippen LogP contribution in [0.5, 0.6) is 5.75 Å². The molecule has 0 saturated carbocycles. The summed E-state index contributed by atoms with van der Waals surface area (Å²) in [5.74, 6) is -1.20. The number of ether oxygens (including phenoxy) is 1. The molecule has 10 nitrogen and oxygen atoms in total. The van der Waals surface area contributed by atoms with Gasteiger partial charge in [-0.05, 0) is 44.5 Å². The number of rotatable bonds is 7.